The largest absolute Gasteiger partial charge is 0.497 e. The predicted octanol–water partition coefficient (Wildman–Crippen LogP) is 6.78. The summed E-state index contributed by atoms with van der Waals surface area (Å²) in [4.78, 5) is 0. The lowest BCUT2D eigenvalue weighted by Crippen LogP contribution is -2.01. The molecule has 0 aromatic rings. The molecule has 0 saturated carbocycles. The van der Waals surface area contributed by atoms with Gasteiger partial charge in [-0.05, 0) is 48.0 Å². The molecule has 0 fully saturated rings. The van der Waals surface area contributed by atoms with Crippen LogP contribution in [0.4, 0.5) is 0 Å². The number of ether oxygens (including phenoxy) is 1. The lowest BCUT2D eigenvalue weighted by molar-refractivity contribution is 0.308. The highest BCUT2D eigenvalue weighted by Gasteiger charge is 2.07. The van der Waals surface area contributed by atoms with Gasteiger partial charge in [0.1, 0.15) is 5.76 Å². The molecule has 0 aliphatic heterocycles. The van der Waals surface area contributed by atoms with Crippen LogP contribution >= 0.6 is 0 Å². The molecule has 0 aliphatic rings. The van der Waals surface area contributed by atoms with Crippen LogP contribution in [0.3, 0.4) is 0 Å². The van der Waals surface area contributed by atoms with Gasteiger partial charge >= 0.3 is 0 Å². The van der Waals surface area contributed by atoms with Gasteiger partial charge in [-0.15, -0.1) is 0 Å². The minimum absolute atomic E-state index is 0.492. The first kappa shape index (κ1) is 21.2. The van der Waals surface area contributed by atoms with Gasteiger partial charge in [-0.2, -0.15) is 0 Å². The molecule has 0 saturated heterocycles. The van der Waals surface area contributed by atoms with Crippen molar-refractivity contribution in [2.45, 2.75) is 47.0 Å². The Morgan fingerprint density at radius 1 is 1.04 bits per heavy atom. The van der Waals surface area contributed by atoms with E-state index in [1.807, 2.05) is 19.1 Å². The van der Waals surface area contributed by atoms with Gasteiger partial charge in [-0.1, -0.05) is 77.7 Å². The van der Waals surface area contributed by atoms with Crippen LogP contribution in [0.25, 0.3) is 0 Å². The van der Waals surface area contributed by atoms with Crippen LogP contribution < -0.4 is 0 Å². The zero-order valence-corrected chi connectivity index (χ0v) is 15.7. The molecule has 0 aromatic heterocycles. The molecular weight excluding hydrogens is 280 g/mol. The molecule has 0 radical (unpaired) electrons. The molecule has 0 aromatic carbocycles. The standard InChI is InChI=1S/C22H34O/c1-10-16(2)11-12-17(3)18(4)13-14-19(5)22(8)20(6)15-21(7)23-9/h13-17H,4-5,7-8,10-12H2,1-3,6,9H3/b14-13-,20-15-. The van der Waals surface area contributed by atoms with Crippen molar-refractivity contribution in [3.05, 3.63) is 72.6 Å². The molecule has 1 nitrogen and oxygen atoms in total. The Morgan fingerprint density at radius 2 is 1.65 bits per heavy atom. The first-order chi connectivity index (χ1) is 10.7. The van der Waals surface area contributed by atoms with Crippen LogP contribution in [0.5, 0.6) is 0 Å². The van der Waals surface area contributed by atoms with Crippen LogP contribution in [0.1, 0.15) is 47.0 Å². The average Bonchev–Trinajstić information content (AvgIpc) is 2.55. The van der Waals surface area contributed by atoms with E-state index in [4.69, 9.17) is 4.74 Å². The number of rotatable bonds is 11. The van der Waals surface area contributed by atoms with Crippen molar-refractivity contribution in [2.75, 3.05) is 7.11 Å². The molecule has 0 aliphatic carbocycles. The Morgan fingerprint density at radius 3 is 2.17 bits per heavy atom. The van der Waals surface area contributed by atoms with E-state index in [-0.39, 0.29) is 0 Å². The number of hydrogen-bond donors (Lipinski definition) is 0. The van der Waals surface area contributed by atoms with E-state index >= 15 is 0 Å². The SMILES string of the molecule is C=C(/C=C(/C)C(=C)C(=C)/C=C\C(=C)C(C)CCC(C)CC)OC. The second kappa shape index (κ2) is 10.9. The summed E-state index contributed by atoms with van der Waals surface area (Å²) in [5, 5.41) is 0. The van der Waals surface area contributed by atoms with Crippen molar-refractivity contribution >= 4 is 0 Å². The average molecular weight is 315 g/mol. The van der Waals surface area contributed by atoms with Crippen molar-refractivity contribution in [3.8, 4) is 0 Å². The normalized spacial score (nSPS) is 14.4. The summed E-state index contributed by atoms with van der Waals surface area (Å²) in [6, 6.07) is 0. The van der Waals surface area contributed by atoms with Crippen molar-refractivity contribution in [1.82, 2.24) is 0 Å². The highest BCUT2D eigenvalue weighted by Crippen LogP contribution is 2.23. The molecular formula is C22H34O. The lowest BCUT2D eigenvalue weighted by Gasteiger charge is -2.15. The van der Waals surface area contributed by atoms with Gasteiger partial charge in [-0.25, -0.2) is 0 Å². The highest BCUT2D eigenvalue weighted by molar-refractivity contribution is 5.50. The summed E-state index contributed by atoms with van der Waals surface area (Å²) in [5.41, 5.74) is 3.92. The van der Waals surface area contributed by atoms with E-state index in [1.54, 1.807) is 7.11 Å². The second-order valence-corrected chi connectivity index (χ2v) is 6.40. The zero-order chi connectivity index (χ0) is 18.0. The predicted molar refractivity (Wildman–Crippen MR) is 104 cm³/mol. The van der Waals surface area contributed by atoms with Gasteiger partial charge in [0.05, 0.1) is 7.11 Å². The van der Waals surface area contributed by atoms with Gasteiger partial charge in [0.25, 0.3) is 0 Å². The first-order valence-electron chi connectivity index (χ1n) is 8.39. The monoisotopic (exact) mass is 314 g/mol. The Balaban J connectivity index is 4.61. The van der Waals surface area contributed by atoms with Gasteiger partial charge in [-0.3, -0.25) is 0 Å². The molecule has 2 unspecified atom stereocenters. The summed E-state index contributed by atoms with van der Waals surface area (Å²) in [7, 11) is 1.61. The Kier molecular flexibility index (Phi) is 10.0. The smallest absolute Gasteiger partial charge is 0.111 e. The maximum atomic E-state index is 5.06. The summed E-state index contributed by atoms with van der Waals surface area (Å²) in [6.45, 7) is 24.9. The fourth-order valence-corrected chi connectivity index (χ4v) is 2.04. The van der Waals surface area contributed by atoms with Crippen LogP contribution in [-0.4, -0.2) is 7.11 Å². The molecule has 23 heavy (non-hydrogen) atoms. The molecule has 2 atom stereocenters. The quantitative estimate of drug-likeness (QED) is 0.302. The Bertz CT molecular complexity index is 502. The zero-order valence-electron chi connectivity index (χ0n) is 15.7. The maximum absolute atomic E-state index is 5.06. The number of hydrogen-bond acceptors (Lipinski definition) is 1. The van der Waals surface area contributed by atoms with Crippen LogP contribution in [0.15, 0.2) is 72.6 Å². The van der Waals surface area contributed by atoms with Gasteiger partial charge in [0.2, 0.25) is 0 Å². The van der Waals surface area contributed by atoms with Crippen molar-refractivity contribution < 1.29 is 4.74 Å². The summed E-state index contributed by atoms with van der Waals surface area (Å²) in [6.07, 6.45) is 9.59. The molecule has 0 spiro atoms. The molecule has 0 amide bonds. The van der Waals surface area contributed by atoms with Gasteiger partial charge < -0.3 is 4.74 Å². The van der Waals surface area contributed by atoms with Crippen molar-refractivity contribution in [3.63, 3.8) is 0 Å². The van der Waals surface area contributed by atoms with E-state index < -0.39 is 0 Å². The topological polar surface area (TPSA) is 9.23 Å². The van der Waals surface area contributed by atoms with E-state index in [2.05, 4.69) is 53.2 Å². The summed E-state index contributed by atoms with van der Waals surface area (Å²) < 4.78 is 5.06. The van der Waals surface area contributed by atoms with Gasteiger partial charge in [0, 0.05) is 0 Å². The van der Waals surface area contributed by atoms with Crippen LogP contribution in [0.2, 0.25) is 0 Å². The second-order valence-electron chi connectivity index (χ2n) is 6.40. The van der Waals surface area contributed by atoms with Crippen molar-refractivity contribution in [1.29, 1.82) is 0 Å². The molecule has 0 heterocycles. The summed E-state index contributed by atoms with van der Waals surface area (Å²) in [5.74, 6) is 1.89. The van der Waals surface area contributed by atoms with E-state index in [0.29, 0.717) is 11.7 Å². The maximum Gasteiger partial charge on any atom is 0.111 e. The lowest BCUT2D eigenvalue weighted by atomic mass is 9.91. The molecule has 0 bridgehead atoms. The van der Waals surface area contributed by atoms with Gasteiger partial charge in [0.15, 0.2) is 0 Å². The van der Waals surface area contributed by atoms with E-state index in [9.17, 15) is 0 Å². The first-order valence-corrected chi connectivity index (χ1v) is 8.39. The minimum atomic E-state index is 0.492. The molecule has 1 heteroatoms. The molecule has 128 valence electrons. The van der Waals surface area contributed by atoms with E-state index in [1.165, 1.54) is 19.3 Å². The number of allylic oxidation sites excluding steroid dienone is 7. The van der Waals surface area contributed by atoms with E-state index in [0.717, 1.165) is 28.2 Å². The van der Waals surface area contributed by atoms with Crippen LogP contribution in [-0.2, 0) is 4.74 Å². The number of methoxy groups -OCH3 is 1. The minimum Gasteiger partial charge on any atom is -0.497 e. The Labute approximate surface area is 143 Å². The van der Waals surface area contributed by atoms with Crippen molar-refractivity contribution in [2.24, 2.45) is 11.8 Å². The Hall–Kier alpha value is -1.76. The molecule has 0 rings (SSSR count). The third kappa shape index (κ3) is 8.44. The van der Waals surface area contributed by atoms with Crippen LogP contribution in [0, 0.1) is 11.8 Å². The fourth-order valence-electron chi connectivity index (χ4n) is 2.04. The molecule has 0 N–H and O–H groups in total. The fraction of sp³-hybridized carbons (Fsp3) is 0.455. The third-order valence-electron chi connectivity index (χ3n) is 4.42. The highest BCUT2D eigenvalue weighted by atomic mass is 16.5. The summed E-state index contributed by atoms with van der Waals surface area (Å²) >= 11 is 0. The third-order valence-corrected chi connectivity index (χ3v) is 4.42.